The fourth-order valence-corrected chi connectivity index (χ4v) is 1.62. The predicted octanol–water partition coefficient (Wildman–Crippen LogP) is 3.46. The molecule has 12 heavy (non-hydrogen) atoms. The van der Waals surface area contributed by atoms with Crippen LogP contribution in [0.3, 0.4) is 0 Å². The molecular weight excluding hydrogens is 144 g/mol. The van der Waals surface area contributed by atoms with E-state index in [0.29, 0.717) is 0 Å². The van der Waals surface area contributed by atoms with Gasteiger partial charge in [-0.05, 0) is 36.8 Å². The summed E-state index contributed by atoms with van der Waals surface area (Å²) in [7, 11) is 0. The summed E-state index contributed by atoms with van der Waals surface area (Å²) < 4.78 is 0. The molecule has 0 aromatic heterocycles. The molecule has 1 aliphatic rings. The lowest BCUT2D eigenvalue weighted by atomic mass is 9.94. The van der Waals surface area contributed by atoms with Crippen LogP contribution < -0.4 is 0 Å². The van der Waals surface area contributed by atoms with E-state index in [0.717, 1.165) is 6.42 Å². The molecule has 0 nitrogen and oxygen atoms in total. The zero-order valence-corrected chi connectivity index (χ0v) is 7.16. The molecule has 61 valence electrons. The number of hydrogen-bond donors (Lipinski definition) is 0. The third kappa shape index (κ3) is 1.58. The van der Waals surface area contributed by atoms with Crippen LogP contribution in [-0.2, 0) is 0 Å². The summed E-state index contributed by atoms with van der Waals surface area (Å²) in [5, 5.41) is 0. The Hall–Kier alpha value is -1.04. The van der Waals surface area contributed by atoms with Crippen LogP contribution in [0.25, 0.3) is 5.57 Å². The summed E-state index contributed by atoms with van der Waals surface area (Å²) in [5.74, 6) is 0. The van der Waals surface area contributed by atoms with Crippen LogP contribution in [0.2, 0.25) is 0 Å². The van der Waals surface area contributed by atoms with Crippen molar-refractivity contribution in [2.24, 2.45) is 0 Å². The highest BCUT2D eigenvalue weighted by Gasteiger charge is 2.04. The molecule has 0 aliphatic heterocycles. The van der Waals surface area contributed by atoms with Crippen molar-refractivity contribution >= 4 is 5.57 Å². The maximum absolute atomic E-state index is 2.34. The summed E-state index contributed by atoms with van der Waals surface area (Å²) >= 11 is 0. The van der Waals surface area contributed by atoms with E-state index in [1.54, 1.807) is 0 Å². The van der Waals surface area contributed by atoms with Crippen molar-refractivity contribution in [1.29, 1.82) is 0 Å². The van der Waals surface area contributed by atoms with Gasteiger partial charge in [-0.3, -0.25) is 0 Å². The Balaban J connectivity index is 2.24. The molecule has 0 spiro atoms. The van der Waals surface area contributed by atoms with E-state index in [9.17, 15) is 0 Å². The van der Waals surface area contributed by atoms with E-state index in [2.05, 4.69) is 42.8 Å². The lowest BCUT2D eigenvalue weighted by Gasteiger charge is -2.11. The molecule has 0 N–H and O–H groups in total. The van der Waals surface area contributed by atoms with Gasteiger partial charge in [-0.15, -0.1) is 0 Å². The number of allylic oxidation sites excluding steroid dienone is 2. The first kappa shape index (κ1) is 7.60. The molecule has 1 aromatic rings. The Morgan fingerprint density at radius 2 is 1.83 bits per heavy atom. The topological polar surface area (TPSA) is 0 Å². The molecule has 0 heterocycles. The van der Waals surface area contributed by atoms with Crippen LogP contribution in [0.4, 0.5) is 0 Å². The van der Waals surface area contributed by atoms with Gasteiger partial charge < -0.3 is 0 Å². The number of benzene rings is 1. The van der Waals surface area contributed by atoms with Crippen molar-refractivity contribution in [3.8, 4) is 0 Å². The highest BCUT2D eigenvalue weighted by Crippen LogP contribution is 2.25. The standard InChI is InChI=1S/C12H13/c1-3-7-11(8-4-1)12-9-5-2-6-10-12/h1-4,7-9H,5-6,10H2. The average molecular weight is 157 g/mol. The van der Waals surface area contributed by atoms with Crippen LogP contribution in [0.5, 0.6) is 0 Å². The Labute approximate surface area is 73.9 Å². The molecule has 0 heteroatoms. The smallest absolute Gasteiger partial charge is 0.0228 e. The van der Waals surface area contributed by atoms with E-state index < -0.39 is 0 Å². The molecule has 0 saturated heterocycles. The maximum atomic E-state index is 2.34. The molecule has 0 unspecified atom stereocenters. The zero-order chi connectivity index (χ0) is 8.23. The Morgan fingerprint density at radius 1 is 1.00 bits per heavy atom. The molecule has 0 bridgehead atoms. The summed E-state index contributed by atoms with van der Waals surface area (Å²) in [5.41, 5.74) is 2.91. The molecule has 2 rings (SSSR count). The van der Waals surface area contributed by atoms with Gasteiger partial charge in [-0.2, -0.15) is 0 Å². The van der Waals surface area contributed by atoms with Gasteiger partial charge >= 0.3 is 0 Å². The van der Waals surface area contributed by atoms with E-state index >= 15 is 0 Å². The second-order valence-corrected chi connectivity index (χ2v) is 3.16. The molecule has 0 fully saturated rings. The monoisotopic (exact) mass is 157 g/mol. The van der Waals surface area contributed by atoms with Crippen LogP contribution >= 0.6 is 0 Å². The minimum atomic E-state index is 1.14. The van der Waals surface area contributed by atoms with Crippen LogP contribution in [0.1, 0.15) is 24.8 Å². The van der Waals surface area contributed by atoms with Gasteiger partial charge in [-0.1, -0.05) is 36.4 Å². The Kier molecular flexibility index (Phi) is 2.26. The van der Waals surface area contributed by atoms with Gasteiger partial charge in [-0.25, -0.2) is 0 Å². The second kappa shape index (κ2) is 3.57. The van der Waals surface area contributed by atoms with Crippen molar-refractivity contribution in [1.82, 2.24) is 0 Å². The number of rotatable bonds is 1. The van der Waals surface area contributed by atoms with Crippen molar-refractivity contribution < 1.29 is 0 Å². The summed E-state index contributed by atoms with van der Waals surface area (Å²) in [4.78, 5) is 0. The highest BCUT2D eigenvalue weighted by atomic mass is 14.1. The molecule has 0 saturated carbocycles. The minimum Gasteiger partial charge on any atom is -0.0804 e. The fraction of sp³-hybridized carbons (Fsp3) is 0.250. The Bertz CT molecular complexity index is 269. The molecule has 0 amide bonds. The van der Waals surface area contributed by atoms with Crippen LogP contribution in [-0.4, -0.2) is 0 Å². The van der Waals surface area contributed by atoms with Gasteiger partial charge in [0.15, 0.2) is 0 Å². The summed E-state index contributed by atoms with van der Waals surface area (Å²) in [6.45, 7) is 0. The second-order valence-electron chi connectivity index (χ2n) is 3.16. The summed E-state index contributed by atoms with van der Waals surface area (Å²) in [6, 6.07) is 10.7. The predicted molar refractivity (Wildman–Crippen MR) is 52.6 cm³/mol. The van der Waals surface area contributed by atoms with Crippen molar-refractivity contribution in [2.75, 3.05) is 0 Å². The van der Waals surface area contributed by atoms with Crippen LogP contribution in [0, 0.1) is 6.42 Å². The molecule has 1 radical (unpaired) electrons. The van der Waals surface area contributed by atoms with Gasteiger partial charge in [0.25, 0.3) is 0 Å². The number of hydrogen-bond acceptors (Lipinski definition) is 0. The van der Waals surface area contributed by atoms with Gasteiger partial charge in [0.05, 0.1) is 0 Å². The third-order valence-electron chi connectivity index (χ3n) is 2.29. The van der Waals surface area contributed by atoms with E-state index in [-0.39, 0.29) is 0 Å². The zero-order valence-electron chi connectivity index (χ0n) is 7.16. The first-order valence-electron chi connectivity index (χ1n) is 4.53. The van der Waals surface area contributed by atoms with Crippen molar-refractivity contribution in [2.45, 2.75) is 19.3 Å². The molecule has 1 aromatic carbocycles. The Morgan fingerprint density at radius 3 is 2.50 bits per heavy atom. The van der Waals surface area contributed by atoms with E-state index in [4.69, 9.17) is 0 Å². The first-order chi connectivity index (χ1) is 5.97. The molecule has 0 atom stereocenters. The SMILES string of the molecule is [CH]1CC=C(c2ccccc2)CC1. The van der Waals surface area contributed by atoms with Crippen molar-refractivity contribution in [3.05, 3.63) is 48.4 Å². The van der Waals surface area contributed by atoms with Crippen LogP contribution in [0.15, 0.2) is 36.4 Å². The highest BCUT2D eigenvalue weighted by molar-refractivity contribution is 5.66. The third-order valence-corrected chi connectivity index (χ3v) is 2.29. The largest absolute Gasteiger partial charge is 0.0804 e. The average Bonchev–Trinajstić information content (AvgIpc) is 2.21. The van der Waals surface area contributed by atoms with E-state index in [1.807, 2.05) is 0 Å². The first-order valence-corrected chi connectivity index (χ1v) is 4.53. The lowest BCUT2D eigenvalue weighted by molar-refractivity contribution is 0.909. The van der Waals surface area contributed by atoms with Gasteiger partial charge in [0.1, 0.15) is 0 Å². The maximum Gasteiger partial charge on any atom is -0.0228 e. The van der Waals surface area contributed by atoms with E-state index in [1.165, 1.54) is 24.0 Å². The molecule has 1 aliphatic carbocycles. The molecular formula is C12H13. The van der Waals surface area contributed by atoms with Crippen molar-refractivity contribution in [3.63, 3.8) is 0 Å². The van der Waals surface area contributed by atoms with Gasteiger partial charge in [0, 0.05) is 0 Å². The fourth-order valence-electron chi connectivity index (χ4n) is 1.62. The summed E-state index contributed by atoms with van der Waals surface area (Å²) in [6.07, 6.45) is 8.26. The quantitative estimate of drug-likeness (QED) is 0.585. The lowest BCUT2D eigenvalue weighted by Crippen LogP contribution is -1.91. The normalized spacial score (nSPS) is 17.2. The minimum absolute atomic E-state index is 1.14. The van der Waals surface area contributed by atoms with Gasteiger partial charge in [0.2, 0.25) is 0 Å².